The lowest BCUT2D eigenvalue weighted by atomic mass is 10.1. The van der Waals surface area contributed by atoms with Crippen molar-refractivity contribution in [2.45, 2.75) is 27.7 Å². The molecule has 0 saturated heterocycles. The van der Waals surface area contributed by atoms with Gasteiger partial charge in [-0.05, 0) is 38.8 Å². The predicted molar refractivity (Wildman–Crippen MR) is 51.1 cm³/mol. The van der Waals surface area contributed by atoms with E-state index in [1.165, 1.54) is 5.57 Å². The van der Waals surface area contributed by atoms with Gasteiger partial charge in [-0.25, -0.2) is 0 Å². The molecular weight excluding hydrogens is 134 g/mol. The van der Waals surface area contributed by atoms with Crippen molar-refractivity contribution in [3.05, 3.63) is 35.1 Å². The zero-order valence-corrected chi connectivity index (χ0v) is 7.86. The van der Waals surface area contributed by atoms with E-state index < -0.39 is 0 Å². The largest absolute Gasteiger partial charge is 0.402 e. The molecule has 0 rings (SSSR count). The van der Waals surface area contributed by atoms with Crippen LogP contribution in [-0.2, 0) is 0 Å². The molecule has 0 aromatic carbocycles. The summed E-state index contributed by atoms with van der Waals surface area (Å²) in [5.41, 5.74) is 9.89. The summed E-state index contributed by atoms with van der Waals surface area (Å²) in [4.78, 5) is 0. The molecule has 0 atom stereocenters. The third-order valence-electron chi connectivity index (χ3n) is 1.65. The summed E-state index contributed by atoms with van der Waals surface area (Å²) < 4.78 is 0. The Bertz CT molecular complexity index is 215. The molecule has 1 heteroatoms. The lowest BCUT2D eigenvalue weighted by molar-refractivity contribution is 1.18. The molecule has 0 saturated carbocycles. The Balaban J connectivity index is 4.63. The summed E-state index contributed by atoms with van der Waals surface area (Å²) >= 11 is 0. The maximum atomic E-state index is 5.62. The first-order valence-electron chi connectivity index (χ1n) is 3.72. The van der Waals surface area contributed by atoms with Crippen LogP contribution in [0.1, 0.15) is 27.7 Å². The van der Waals surface area contributed by atoms with Crippen molar-refractivity contribution in [2.24, 2.45) is 5.73 Å². The summed E-state index contributed by atoms with van der Waals surface area (Å²) in [6, 6.07) is 0. The number of nitrogens with two attached hydrogens (primary N) is 1. The molecule has 0 fully saturated rings. The minimum absolute atomic E-state index is 0.875. The molecule has 0 bridgehead atoms. The van der Waals surface area contributed by atoms with Crippen LogP contribution in [-0.4, -0.2) is 0 Å². The second kappa shape index (κ2) is 4.02. The van der Waals surface area contributed by atoms with Gasteiger partial charge in [-0.3, -0.25) is 0 Å². The van der Waals surface area contributed by atoms with Crippen molar-refractivity contribution in [3.63, 3.8) is 0 Å². The van der Waals surface area contributed by atoms with E-state index in [2.05, 4.69) is 6.58 Å². The van der Waals surface area contributed by atoms with E-state index in [1.807, 2.05) is 33.8 Å². The van der Waals surface area contributed by atoms with E-state index in [4.69, 9.17) is 5.73 Å². The molecule has 0 spiro atoms. The highest BCUT2D eigenvalue weighted by Crippen LogP contribution is 2.12. The van der Waals surface area contributed by atoms with Crippen LogP contribution in [0.2, 0.25) is 0 Å². The van der Waals surface area contributed by atoms with Gasteiger partial charge in [-0.1, -0.05) is 18.2 Å². The topological polar surface area (TPSA) is 26.0 Å². The van der Waals surface area contributed by atoms with Crippen molar-refractivity contribution < 1.29 is 0 Å². The third kappa shape index (κ3) is 3.66. The molecule has 11 heavy (non-hydrogen) atoms. The van der Waals surface area contributed by atoms with Crippen LogP contribution in [0.25, 0.3) is 0 Å². The van der Waals surface area contributed by atoms with Crippen LogP contribution in [0.15, 0.2) is 35.1 Å². The highest BCUT2D eigenvalue weighted by atomic mass is 14.6. The van der Waals surface area contributed by atoms with Crippen LogP contribution in [0, 0.1) is 0 Å². The smallest absolute Gasteiger partial charge is 0.00812 e. The van der Waals surface area contributed by atoms with E-state index in [9.17, 15) is 0 Å². The maximum Gasteiger partial charge on any atom is 0.00812 e. The van der Waals surface area contributed by atoms with Crippen molar-refractivity contribution in [1.82, 2.24) is 0 Å². The average molecular weight is 151 g/mol. The Hall–Kier alpha value is -0.980. The zero-order valence-electron chi connectivity index (χ0n) is 7.86. The molecule has 2 N–H and O–H groups in total. The lowest BCUT2D eigenvalue weighted by Gasteiger charge is -2.03. The molecule has 0 aliphatic carbocycles. The van der Waals surface area contributed by atoms with Gasteiger partial charge in [0.15, 0.2) is 0 Å². The minimum Gasteiger partial charge on any atom is -0.402 e. The maximum absolute atomic E-state index is 5.62. The Kier molecular flexibility index (Phi) is 3.66. The summed E-state index contributed by atoms with van der Waals surface area (Å²) in [6.07, 6.45) is 2.03. The van der Waals surface area contributed by atoms with Gasteiger partial charge in [0.05, 0.1) is 0 Å². The van der Waals surface area contributed by atoms with Gasteiger partial charge in [-0.15, -0.1) is 0 Å². The van der Waals surface area contributed by atoms with Gasteiger partial charge in [0.2, 0.25) is 0 Å². The molecule has 0 aromatic rings. The van der Waals surface area contributed by atoms with E-state index >= 15 is 0 Å². The van der Waals surface area contributed by atoms with Crippen molar-refractivity contribution in [1.29, 1.82) is 0 Å². The number of allylic oxidation sites excluding steroid dienone is 5. The molecule has 0 heterocycles. The molecule has 0 aliphatic heterocycles. The van der Waals surface area contributed by atoms with Gasteiger partial charge in [0.25, 0.3) is 0 Å². The molecule has 62 valence electrons. The molecular formula is C10H17N. The molecule has 1 nitrogen and oxygen atoms in total. The molecule has 0 aromatic heterocycles. The van der Waals surface area contributed by atoms with Crippen LogP contribution >= 0.6 is 0 Å². The fraction of sp³-hybridized carbons (Fsp3) is 0.400. The average Bonchev–Trinajstić information content (AvgIpc) is 1.84. The highest BCUT2D eigenvalue weighted by molar-refractivity contribution is 5.34. The molecule has 0 aliphatic rings. The van der Waals surface area contributed by atoms with Crippen molar-refractivity contribution in [3.8, 4) is 0 Å². The number of hydrogen-bond donors (Lipinski definition) is 1. The van der Waals surface area contributed by atoms with Crippen molar-refractivity contribution >= 4 is 0 Å². The monoisotopic (exact) mass is 151 g/mol. The number of rotatable bonds is 2. The van der Waals surface area contributed by atoms with E-state index in [-0.39, 0.29) is 0 Å². The second-order valence-corrected chi connectivity index (χ2v) is 2.98. The molecule has 0 unspecified atom stereocenters. The van der Waals surface area contributed by atoms with Gasteiger partial charge < -0.3 is 5.73 Å². The zero-order chi connectivity index (χ0) is 9.02. The van der Waals surface area contributed by atoms with Gasteiger partial charge in [0, 0.05) is 5.70 Å². The Labute approximate surface area is 69.3 Å². The quantitative estimate of drug-likeness (QED) is 0.603. The SMILES string of the molecule is C=C(C)/C=C(C)\C(C)=C(\C)N. The Morgan fingerprint density at radius 2 is 1.64 bits per heavy atom. The normalized spacial score (nSPS) is 14.4. The lowest BCUT2D eigenvalue weighted by Crippen LogP contribution is -1.96. The standard InChI is InChI=1S/C10H17N/c1-7(2)6-8(3)9(4)10(5)11/h6H,1,11H2,2-5H3/b8-6-,10-9-. The van der Waals surface area contributed by atoms with Gasteiger partial charge in [0.1, 0.15) is 0 Å². The first kappa shape index (κ1) is 10.0. The van der Waals surface area contributed by atoms with Gasteiger partial charge >= 0.3 is 0 Å². The number of hydrogen-bond acceptors (Lipinski definition) is 1. The summed E-state index contributed by atoms with van der Waals surface area (Å²) in [7, 11) is 0. The van der Waals surface area contributed by atoms with Crippen LogP contribution in [0.5, 0.6) is 0 Å². The first-order chi connectivity index (χ1) is 4.95. The van der Waals surface area contributed by atoms with Crippen molar-refractivity contribution in [2.75, 3.05) is 0 Å². The minimum atomic E-state index is 0.875. The van der Waals surface area contributed by atoms with E-state index in [0.29, 0.717) is 0 Å². The highest BCUT2D eigenvalue weighted by Gasteiger charge is 1.94. The first-order valence-corrected chi connectivity index (χ1v) is 3.72. The predicted octanol–water partition coefficient (Wildman–Crippen LogP) is 2.76. The summed E-state index contributed by atoms with van der Waals surface area (Å²) in [6.45, 7) is 11.7. The fourth-order valence-corrected chi connectivity index (χ4v) is 0.789. The molecule has 0 amide bonds. The van der Waals surface area contributed by atoms with Gasteiger partial charge in [-0.2, -0.15) is 0 Å². The molecule has 0 radical (unpaired) electrons. The van der Waals surface area contributed by atoms with E-state index in [0.717, 1.165) is 16.8 Å². The van der Waals surface area contributed by atoms with E-state index in [1.54, 1.807) is 0 Å². The van der Waals surface area contributed by atoms with Crippen LogP contribution < -0.4 is 5.73 Å². The summed E-state index contributed by atoms with van der Waals surface area (Å²) in [5.74, 6) is 0. The van der Waals surface area contributed by atoms with Crippen LogP contribution in [0.3, 0.4) is 0 Å². The summed E-state index contributed by atoms with van der Waals surface area (Å²) in [5, 5.41) is 0. The Morgan fingerprint density at radius 3 is 1.91 bits per heavy atom. The fourth-order valence-electron chi connectivity index (χ4n) is 0.789. The third-order valence-corrected chi connectivity index (χ3v) is 1.65. The van der Waals surface area contributed by atoms with Crippen LogP contribution in [0.4, 0.5) is 0 Å². The second-order valence-electron chi connectivity index (χ2n) is 2.98. The Morgan fingerprint density at radius 1 is 1.18 bits per heavy atom.